The van der Waals surface area contributed by atoms with Gasteiger partial charge in [-0.25, -0.2) is 33.5 Å². The van der Waals surface area contributed by atoms with Crippen LogP contribution in [0.1, 0.15) is 50.7 Å². The van der Waals surface area contributed by atoms with E-state index in [0.29, 0.717) is 35.8 Å². The van der Waals surface area contributed by atoms with Crippen LogP contribution in [0.25, 0.3) is 22.3 Å². The maximum atomic E-state index is 15.6. The third-order valence-corrected chi connectivity index (χ3v) is 8.21. The van der Waals surface area contributed by atoms with Crippen LogP contribution in [0.15, 0.2) is 85.2 Å². The zero-order valence-electron chi connectivity index (χ0n) is 26.4. The summed E-state index contributed by atoms with van der Waals surface area (Å²) >= 11 is 0. The number of aromatic nitrogens is 5. The van der Waals surface area contributed by atoms with Crippen molar-refractivity contribution in [1.29, 1.82) is 0 Å². The average Bonchev–Trinajstić information content (AvgIpc) is 3.43. The molecule has 6 aromatic rings. The normalized spacial score (nSPS) is 13.8. The molecule has 1 aliphatic heterocycles. The lowest BCUT2D eigenvalue weighted by Gasteiger charge is -2.27. The van der Waals surface area contributed by atoms with Gasteiger partial charge in [-0.05, 0) is 73.0 Å². The van der Waals surface area contributed by atoms with E-state index in [9.17, 15) is 9.90 Å². The van der Waals surface area contributed by atoms with E-state index >= 15 is 8.78 Å². The van der Waals surface area contributed by atoms with Crippen LogP contribution < -0.4 is 4.74 Å². The molecule has 1 atom stereocenters. The minimum Gasteiger partial charge on any atom is -0.478 e. The Morgan fingerprint density at radius 3 is 2.49 bits per heavy atom. The Labute approximate surface area is 280 Å². The highest BCUT2D eigenvalue weighted by molar-refractivity contribution is 5.92. The van der Waals surface area contributed by atoms with E-state index in [1.807, 2.05) is 35.8 Å². The summed E-state index contributed by atoms with van der Waals surface area (Å²) in [5.74, 6) is 5.22. The Balaban J connectivity index is 1.06. The number of aromatic carboxylic acids is 1. The lowest BCUT2D eigenvalue weighted by atomic mass is 10.0. The van der Waals surface area contributed by atoms with Crippen molar-refractivity contribution in [2.24, 2.45) is 0 Å². The highest BCUT2D eigenvalue weighted by Crippen LogP contribution is 2.29. The first-order valence-corrected chi connectivity index (χ1v) is 15.6. The standard InChI is InChI=1S/C38H29F2N5O4/c1-23-41-19-26(20-42-23)10-7-24-5-8-25(9-6-24)22-49-37-4-2-3-33(44-37)30-18-31(39)28(15-32(30)40)17-36-43-34-12-11-27(38(46)47)16-35(34)45(36)21-29-13-14-48-29/h2-6,8-9,11-12,15-16,18-20,29H,13-14,17,21-22H2,1H3,(H,46,47). The Morgan fingerprint density at radius 2 is 1.76 bits per heavy atom. The number of carbonyl (C=O) groups is 1. The molecule has 3 aromatic carbocycles. The van der Waals surface area contributed by atoms with Gasteiger partial charge in [0, 0.05) is 42.6 Å². The van der Waals surface area contributed by atoms with Crippen LogP contribution in [0.3, 0.4) is 0 Å². The molecule has 3 aromatic heterocycles. The number of nitrogens with zero attached hydrogens (tertiary/aromatic N) is 5. The molecule has 1 saturated heterocycles. The van der Waals surface area contributed by atoms with E-state index in [1.165, 1.54) is 6.07 Å². The van der Waals surface area contributed by atoms with E-state index in [4.69, 9.17) is 9.47 Å². The molecule has 0 bridgehead atoms. The van der Waals surface area contributed by atoms with E-state index in [2.05, 4.69) is 31.8 Å². The molecule has 0 saturated carbocycles. The Bertz CT molecular complexity index is 2240. The van der Waals surface area contributed by atoms with Gasteiger partial charge in [0.2, 0.25) is 5.88 Å². The number of rotatable bonds is 9. The fraction of sp³-hybridized carbons (Fsp3) is 0.184. The molecule has 11 heteroatoms. The maximum absolute atomic E-state index is 15.6. The largest absolute Gasteiger partial charge is 0.478 e. The monoisotopic (exact) mass is 657 g/mol. The summed E-state index contributed by atoms with van der Waals surface area (Å²) in [4.78, 5) is 29.0. The van der Waals surface area contributed by atoms with Crippen molar-refractivity contribution in [3.8, 4) is 29.0 Å². The second-order valence-electron chi connectivity index (χ2n) is 11.6. The zero-order valence-corrected chi connectivity index (χ0v) is 26.4. The summed E-state index contributed by atoms with van der Waals surface area (Å²) in [7, 11) is 0. The van der Waals surface area contributed by atoms with Crippen molar-refractivity contribution < 1.29 is 28.2 Å². The molecule has 1 aliphatic rings. The minimum atomic E-state index is -1.06. The molecule has 0 aliphatic carbocycles. The maximum Gasteiger partial charge on any atom is 0.335 e. The number of carboxylic acids is 1. The third-order valence-electron chi connectivity index (χ3n) is 8.21. The SMILES string of the molecule is Cc1ncc(C#Cc2ccc(COc3cccc(-c4cc(F)c(Cc5nc6ccc(C(=O)O)cc6n5CC5CCO5)cc4F)n3)cc2)cn1. The van der Waals surface area contributed by atoms with Gasteiger partial charge in [-0.2, -0.15) is 0 Å². The van der Waals surface area contributed by atoms with Gasteiger partial charge in [0.1, 0.15) is 29.9 Å². The second-order valence-corrected chi connectivity index (χ2v) is 11.6. The molecule has 4 heterocycles. The number of halogens is 2. The lowest BCUT2D eigenvalue weighted by Crippen LogP contribution is -2.31. The number of pyridine rings is 1. The van der Waals surface area contributed by atoms with Crippen LogP contribution >= 0.6 is 0 Å². The topological polar surface area (TPSA) is 112 Å². The molecule has 1 N–H and O–H groups in total. The van der Waals surface area contributed by atoms with Crippen LogP contribution in [-0.4, -0.2) is 48.3 Å². The molecular weight excluding hydrogens is 628 g/mol. The minimum absolute atomic E-state index is 0.00363. The van der Waals surface area contributed by atoms with Crippen molar-refractivity contribution in [2.75, 3.05) is 6.61 Å². The van der Waals surface area contributed by atoms with E-state index in [1.54, 1.807) is 42.7 Å². The van der Waals surface area contributed by atoms with Crippen molar-refractivity contribution in [2.45, 2.75) is 39.0 Å². The Hall–Kier alpha value is -5.99. The smallest absolute Gasteiger partial charge is 0.335 e. The van der Waals surface area contributed by atoms with E-state index in [-0.39, 0.29) is 47.4 Å². The number of imidazole rings is 1. The van der Waals surface area contributed by atoms with Crippen molar-refractivity contribution in [3.63, 3.8) is 0 Å². The molecular formula is C38H29F2N5O4. The number of carboxylic acid groups (broad SMARTS) is 1. The summed E-state index contributed by atoms with van der Waals surface area (Å²) in [6.07, 6.45) is 4.14. The fourth-order valence-electron chi connectivity index (χ4n) is 5.45. The molecule has 0 spiro atoms. The molecule has 0 radical (unpaired) electrons. The number of aryl methyl sites for hydroxylation is 1. The summed E-state index contributed by atoms with van der Waals surface area (Å²) in [5, 5.41) is 9.50. The molecule has 0 amide bonds. The van der Waals surface area contributed by atoms with Gasteiger partial charge in [0.25, 0.3) is 0 Å². The predicted octanol–water partition coefficient (Wildman–Crippen LogP) is 6.53. The molecule has 7 rings (SSSR count). The first-order chi connectivity index (χ1) is 23.8. The number of ether oxygens (including phenoxy) is 2. The fourth-order valence-corrected chi connectivity index (χ4v) is 5.45. The lowest BCUT2D eigenvalue weighted by molar-refractivity contribution is -0.0589. The van der Waals surface area contributed by atoms with Gasteiger partial charge in [0.05, 0.1) is 40.5 Å². The first-order valence-electron chi connectivity index (χ1n) is 15.6. The number of hydrogen-bond acceptors (Lipinski definition) is 7. The van der Waals surface area contributed by atoms with Gasteiger partial charge in [0.15, 0.2) is 0 Å². The molecule has 244 valence electrons. The number of fused-ring (bicyclic) bond motifs is 1. The summed E-state index contributed by atoms with van der Waals surface area (Å²) in [6, 6.07) is 19.4. The molecule has 49 heavy (non-hydrogen) atoms. The Morgan fingerprint density at radius 1 is 0.980 bits per heavy atom. The number of hydrogen-bond donors (Lipinski definition) is 1. The van der Waals surface area contributed by atoms with Crippen LogP contribution in [0.2, 0.25) is 0 Å². The quantitative estimate of drug-likeness (QED) is 0.175. The van der Waals surface area contributed by atoms with Crippen molar-refractivity contribution in [1.82, 2.24) is 24.5 Å². The second kappa shape index (κ2) is 13.6. The van der Waals surface area contributed by atoms with Crippen LogP contribution in [-0.2, 0) is 24.3 Å². The van der Waals surface area contributed by atoms with E-state index in [0.717, 1.165) is 35.2 Å². The molecule has 1 unspecified atom stereocenters. The Kier molecular flexibility index (Phi) is 8.79. The summed E-state index contributed by atoms with van der Waals surface area (Å²) < 4.78 is 44.5. The average molecular weight is 658 g/mol. The molecule has 9 nitrogen and oxygen atoms in total. The highest BCUT2D eigenvalue weighted by Gasteiger charge is 2.23. The predicted molar refractivity (Wildman–Crippen MR) is 177 cm³/mol. The third kappa shape index (κ3) is 7.15. The number of benzene rings is 3. The highest BCUT2D eigenvalue weighted by atomic mass is 19.1. The van der Waals surface area contributed by atoms with Crippen LogP contribution in [0.4, 0.5) is 8.78 Å². The van der Waals surface area contributed by atoms with Crippen LogP contribution in [0.5, 0.6) is 5.88 Å². The van der Waals surface area contributed by atoms with Crippen molar-refractivity contribution in [3.05, 3.63) is 136 Å². The zero-order chi connectivity index (χ0) is 33.9. The summed E-state index contributed by atoms with van der Waals surface area (Å²) in [5.41, 5.74) is 4.04. The van der Waals surface area contributed by atoms with E-state index < -0.39 is 17.6 Å². The first kappa shape index (κ1) is 31.6. The van der Waals surface area contributed by atoms with Crippen molar-refractivity contribution >= 4 is 17.0 Å². The van der Waals surface area contributed by atoms with Gasteiger partial charge in [-0.15, -0.1) is 0 Å². The van der Waals surface area contributed by atoms with Gasteiger partial charge in [-0.1, -0.05) is 30.0 Å². The van der Waals surface area contributed by atoms with Gasteiger partial charge >= 0.3 is 5.97 Å². The van der Waals surface area contributed by atoms with Crippen LogP contribution in [0, 0.1) is 30.4 Å². The molecule has 1 fully saturated rings. The van der Waals surface area contributed by atoms with Gasteiger partial charge in [-0.3, -0.25) is 0 Å². The summed E-state index contributed by atoms with van der Waals surface area (Å²) in [6.45, 7) is 3.10. The van der Waals surface area contributed by atoms with Gasteiger partial charge < -0.3 is 19.1 Å².